The number of nitrogens with one attached hydrogen (secondary N) is 1. The van der Waals surface area contributed by atoms with Gasteiger partial charge in [-0.25, -0.2) is 4.39 Å². The number of rotatable bonds is 2. The van der Waals surface area contributed by atoms with E-state index in [9.17, 15) is 4.39 Å². The normalized spacial score (nSPS) is 18.9. The quantitative estimate of drug-likeness (QED) is 0.920. The molecule has 4 nitrogen and oxygen atoms in total. The van der Waals surface area contributed by atoms with E-state index < -0.39 is 0 Å². The van der Waals surface area contributed by atoms with Gasteiger partial charge in [0.15, 0.2) is 0 Å². The van der Waals surface area contributed by atoms with Gasteiger partial charge in [-0.1, -0.05) is 18.6 Å². The molecule has 1 aliphatic rings. The fourth-order valence-corrected chi connectivity index (χ4v) is 2.18. The van der Waals surface area contributed by atoms with Crippen molar-refractivity contribution >= 4 is 12.4 Å². The Labute approximate surface area is 116 Å². The summed E-state index contributed by atoms with van der Waals surface area (Å²) in [7, 11) is 0. The summed E-state index contributed by atoms with van der Waals surface area (Å²) in [5.74, 6) is 0.452. The number of halogens is 2. The van der Waals surface area contributed by atoms with E-state index in [1.54, 1.807) is 18.2 Å². The molecule has 3 rings (SSSR count). The highest BCUT2D eigenvalue weighted by Gasteiger charge is 2.21. The average Bonchev–Trinajstić information content (AvgIpc) is 2.90. The molecule has 102 valence electrons. The highest BCUT2D eigenvalue weighted by Crippen LogP contribution is 2.26. The first-order valence-electron chi connectivity index (χ1n) is 6.16. The van der Waals surface area contributed by atoms with Gasteiger partial charge in [-0.15, -0.1) is 22.6 Å². The lowest BCUT2D eigenvalue weighted by Gasteiger charge is -2.19. The summed E-state index contributed by atoms with van der Waals surface area (Å²) in [5, 5.41) is 11.3. The minimum absolute atomic E-state index is 0. The van der Waals surface area contributed by atoms with Crippen molar-refractivity contribution in [2.75, 3.05) is 6.54 Å². The summed E-state index contributed by atoms with van der Waals surface area (Å²) in [6.07, 6.45) is 3.30. The van der Waals surface area contributed by atoms with Crippen molar-refractivity contribution in [3.63, 3.8) is 0 Å². The molecule has 1 aliphatic heterocycles. The molecular formula is C13H15ClFN3O. The molecule has 19 heavy (non-hydrogen) atoms. The van der Waals surface area contributed by atoms with E-state index in [1.807, 2.05) is 0 Å². The number of aromatic nitrogens is 2. The number of hydrogen-bond donors (Lipinski definition) is 1. The Morgan fingerprint density at radius 3 is 2.79 bits per heavy atom. The molecule has 1 unspecified atom stereocenters. The maximum atomic E-state index is 13.6. The van der Waals surface area contributed by atoms with E-state index in [0.717, 1.165) is 19.4 Å². The zero-order chi connectivity index (χ0) is 12.4. The summed E-state index contributed by atoms with van der Waals surface area (Å²) in [5.41, 5.74) is 0.354. The van der Waals surface area contributed by atoms with Gasteiger partial charge in [0.1, 0.15) is 5.82 Å². The van der Waals surface area contributed by atoms with Crippen LogP contribution in [0.15, 0.2) is 28.7 Å². The first-order chi connectivity index (χ1) is 8.84. The van der Waals surface area contributed by atoms with Crippen molar-refractivity contribution in [2.45, 2.75) is 25.3 Å². The van der Waals surface area contributed by atoms with Gasteiger partial charge in [-0.05, 0) is 31.5 Å². The zero-order valence-corrected chi connectivity index (χ0v) is 11.1. The van der Waals surface area contributed by atoms with E-state index in [-0.39, 0.29) is 30.2 Å². The molecule has 0 saturated carbocycles. The van der Waals surface area contributed by atoms with E-state index in [1.165, 1.54) is 12.5 Å². The standard InChI is InChI=1S/C13H14FN3O.ClH/c14-10-6-2-1-5-9(10)12-16-17-13(18-12)11-7-3-4-8-15-11;/h1-2,5-6,11,15H,3-4,7-8H2;1H. The molecule has 1 aromatic heterocycles. The predicted molar refractivity (Wildman–Crippen MR) is 71.5 cm³/mol. The summed E-state index contributed by atoms with van der Waals surface area (Å²) < 4.78 is 19.1. The van der Waals surface area contributed by atoms with Crippen LogP contribution in [0, 0.1) is 5.82 Å². The van der Waals surface area contributed by atoms with E-state index in [0.29, 0.717) is 11.5 Å². The van der Waals surface area contributed by atoms with Crippen molar-refractivity contribution in [1.29, 1.82) is 0 Å². The summed E-state index contributed by atoms with van der Waals surface area (Å²) in [6.45, 7) is 0.960. The fourth-order valence-electron chi connectivity index (χ4n) is 2.18. The van der Waals surface area contributed by atoms with Crippen LogP contribution in [0.3, 0.4) is 0 Å². The Morgan fingerprint density at radius 2 is 2.05 bits per heavy atom. The number of benzene rings is 1. The predicted octanol–water partition coefficient (Wildman–Crippen LogP) is 3.11. The molecule has 0 radical (unpaired) electrons. The fraction of sp³-hybridized carbons (Fsp3) is 0.385. The van der Waals surface area contributed by atoms with Crippen LogP contribution in [0.25, 0.3) is 11.5 Å². The van der Waals surface area contributed by atoms with Gasteiger partial charge in [-0.3, -0.25) is 0 Å². The van der Waals surface area contributed by atoms with E-state index in [4.69, 9.17) is 4.42 Å². The molecule has 0 amide bonds. The van der Waals surface area contributed by atoms with Crippen LogP contribution >= 0.6 is 12.4 Å². The van der Waals surface area contributed by atoms with Crippen LogP contribution in [0.2, 0.25) is 0 Å². The van der Waals surface area contributed by atoms with Crippen LogP contribution in [0.1, 0.15) is 31.2 Å². The monoisotopic (exact) mass is 283 g/mol. The molecule has 0 bridgehead atoms. The van der Waals surface area contributed by atoms with Crippen LogP contribution < -0.4 is 5.32 Å². The largest absolute Gasteiger partial charge is 0.419 e. The summed E-state index contributed by atoms with van der Waals surface area (Å²) in [6, 6.07) is 6.52. The highest BCUT2D eigenvalue weighted by atomic mass is 35.5. The van der Waals surface area contributed by atoms with Crippen molar-refractivity contribution in [3.8, 4) is 11.5 Å². The maximum Gasteiger partial charge on any atom is 0.250 e. The second-order valence-electron chi connectivity index (χ2n) is 4.43. The Hall–Kier alpha value is -1.46. The van der Waals surface area contributed by atoms with Crippen LogP contribution in [-0.2, 0) is 0 Å². The van der Waals surface area contributed by atoms with Crippen molar-refractivity contribution < 1.29 is 8.81 Å². The summed E-state index contributed by atoms with van der Waals surface area (Å²) >= 11 is 0. The number of hydrogen-bond acceptors (Lipinski definition) is 4. The van der Waals surface area contributed by atoms with Crippen LogP contribution in [-0.4, -0.2) is 16.7 Å². The van der Waals surface area contributed by atoms with Crippen molar-refractivity contribution in [3.05, 3.63) is 36.0 Å². The Balaban J connectivity index is 0.00000133. The van der Waals surface area contributed by atoms with Crippen LogP contribution in [0.5, 0.6) is 0 Å². The topological polar surface area (TPSA) is 51.0 Å². The lowest BCUT2D eigenvalue weighted by Crippen LogP contribution is -2.26. The highest BCUT2D eigenvalue weighted by molar-refractivity contribution is 5.85. The Kier molecular flexibility index (Phi) is 4.50. The van der Waals surface area contributed by atoms with Gasteiger partial charge >= 0.3 is 0 Å². The molecule has 0 spiro atoms. The van der Waals surface area contributed by atoms with Gasteiger partial charge in [-0.2, -0.15) is 0 Å². The third kappa shape index (κ3) is 2.93. The molecule has 6 heteroatoms. The SMILES string of the molecule is Cl.Fc1ccccc1-c1nnc(C2CCCCN2)o1. The van der Waals surface area contributed by atoms with Gasteiger partial charge in [0.2, 0.25) is 5.89 Å². The molecule has 1 N–H and O–H groups in total. The first kappa shape index (κ1) is 14.0. The maximum absolute atomic E-state index is 13.6. The third-order valence-electron chi connectivity index (χ3n) is 3.15. The molecule has 1 fully saturated rings. The first-order valence-corrected chi connectivity index (χ1v) is 6.16. The zero-order valence-electron chi connectivity index (χ0n) is 10.3. The average molecular weight is 284 g/mol. The molecular weight excluding hydrogens is 269 g/mol. The van der Waals surface area contributed by atoms with Gasteiger partial charge in [0.05, 0.1) is 11.6 Å². The third-order valence-corrected chi connectivity index (χ3v) is 3.15. The van der Waals surface area contributed by atoms with Crippen molar-refractivity contribution in [2.24, 2.45) is 0 Å². The molecule has 2 aromatic rings. The van der Waals surface area contributed by atoms with E-state index in [2.05, 4.69) is 15.5 Å². The lowest BCUT2D eigenvalue weighted by molar-refractivity contribution is 0.341. The second-order valence-corrected chi connectivity index (χ2v) is 4.43. The van der Waals surface area contributed by atoms with Gasteiger partial charge in [0, 0.05) is 0 Å². The minimum Gasteiger partial charge on any atom is -0.419 e. The molecule has 1 saturated heterocycles. The smallest absolute Gasteiger partial charge is 0.250 e. The molecule has 1 atom stereocenters. The molecule has 2 heterocycles. The minimum atomic E-state index is -0.343. The Morgan fingerprint density at radius 1 is 1.21 bits per heavy atom. The Bertz CT molecular complexity index is 540. The van der Waals surface area contributed by atoms with Crippen molar-refractivity contribution in [1.82, 2.24) is 15.5 Å². The molecule has 0 aliphatic carbocycles. The lowest BCUT2D eigenvalue weighted by atomic mass is 10.1. The number of nitrogens with zero attached hydrogens (tertiary/aromatic N) is 2. The summed E-state index contributed by atoms with van der Waals surface area (Å²) in [4.78, 5) is 0. The molecule has 1 aromatic carbocycles. The second kappa shape index (κ2) is 6.12. The number of piperidine rings is 1. The van der Waals surface area contributed by atoms with E-state index >= 15 is 0 Å². The van der Waals surface area contributed by atoms with Gasteiger partial charge in [0.25, 0.3) is 5.89 Å². The van der Waals surface area contributed by atoms with Gasteiger partial charge < -0.3 is 9.73 Å². The van der Waals surface area contributed by atoms with Crippen LogP contribution in [0.4, 0.5) is 4.39 Å².